The molecular weight excluding hydrogens is 404 g/mol. The van der Waals surface area contributed by atoms with Crippen molar-refractivity contribution in [1.82, 2.24) is 10.2 Å². The Balaban J connectivity index is 1.65. The summed E-state index contributed by atoms with van der Waals surface area (Å²) in [4.78, 5) is 39.2. The average Bonchev–Trinajstić information content (AvgIpc) is 3.25. The summed E-state index contributed by atoms with van der Waals surface area (Å²) >= 11 is 8.23. The van der Waals surface area contributed by atoms with Crippen LogP contribution in [0.5, 0.6) is 0 Å². The molecule has 0 spiro atoms. The van der Waals surface area contributed by atoms with E-state index in [2.05, 4.69) is 5.32 Å². The van der Waals surface area contributed by atoms with Gasteiger partial charge >= 0.3 is 0 Å². The highest BCUT2D eigenvalue weighted by molar-refractivity contribution is 8.18. The molecule has 3 amide bonds. The standard InChI is InChI=1S/C19H17ClN2O3S2/c1-2-15(12-5-7-13(20)8-6-12)21-17(23)11-22-18(24)16(27-19(22)25)10-14-4-3-9-26-14/h3-10,15H,2,11H2,1H3,(H,21,23)/b16-10-. The predicted octanol–water partition coefficient (Wildman–Crippen LogP) is 4.71. The highest BCUT2D eigenvalue weighted by atomic mass is 35.5. The van der Waals surface area contributed by atoms with Crippen molar-refractivity contribution in [2.24, 2.45) is 0 Å². The van der Waals surface area contributed by atoms with Crippen LogP contribution in [0, 0.1) is 0 Å². The molecule has 0 radical (unpaired) electrons. The summed E-state index contributed by atoms with van der Waals surface area (Å²) in [7, 11) is 0. The summed E-state index contributed by atoms with van der Waals surface area (Å²) in [5.74, 6) is -0.815. The maximum atomic E-state index is 12.5. The SMILES string of the molecule is CCC(NC(=O)CN1C(=O)S/C(=C\c2cccs2)C1=O)c1ccc(Cl)cc1. The van der Waals surface area contributed by atoms with Crippen molar-refractivity contribution in [2.75, 3.05) is 6.54 Å². The molecule has 8 heteroatoms. The van der Waals surface area contributed by atoms with E-state index in [9.17, 15) is 14.4 Å². The van der Waals surface area contributed by atoms with E-state index in [0.717, 1.165) is 27.1 Å². The largest absolute Gasteiger partial charge is 0.348 e. The van der Waals surface area contributed by atoms with Gasteiger partial charge in [0.2, 0.25) is 5.91 Å². The monoisotopic (exact) mass is 420 g/mol. The van der Waals surface area contributed by atoms with Gasteiger partial charge in [0.1, 0.15) is 6.54 Å². The Kier molecular flexibility index (Phi) is 6.36. The summed E-state index contributed by atoms with van der Waals surface area (Å²) in [6.07, 6.45) is 2.35. The lowest BCUT2D eigenvalue weighted by Crippen LogP contribution is -2.40. The molecule has 3 rings (SSSR count). The minimum atomic E-state index is -0.437. The van der Waals surface area contributed by atoms with Gasteiger partial charge in [-0.15, -0.1) is 11.3 Å². The van der Waals surface area contributed by atoms with Crippen molar-refractivity contribution >= 4 is 57.8 Å². The van der Waals surface area contributed by atoms with E-state index in [1.807, 2.05) is 36.6 Å². The zero-order chi connectivity index (χ0) is 19.4. The summed E-state index contributed by atoms with van der Waals surface area (Å²) in [6, 6.07) is 10.7. The normalized spacial score (nSPS) is 16.8. The maximum Gasteiger partial charge on any atom is 0.294 e. The number of benzene rings is 1. The summed E-state index contributed by atoms with van der Waals surface area (Å²) < 4.78 is 0. The third-order valence-electron chi connectivity index (χ3n) is 4.01. The van der Waals surface area contributed by atoms with Crippen LogP contribution in [-0.2, 0) is 9.59 Å². The van der Waals surface area contributed by atoms with E-state index in [1.165, 1.54) is 11.3 Å². The molecular formula is C19H17ClN2O3S2. The molecule has 1 saturated heterocycles. The van der Waals surface area contributed by atoms with Gasteiger partial charge in [-0.2, -0.15) is 0 Å². The topological polar surface area (TPSA) is 66.5 Å². The molecule has 1 aromatic heterocycles. The number of carbonyl (C=O) groups is 3. The van der Waals surface area contributed by atoms with Crippen LogP contribution in [-0.4, -0.2) is 28.5 Å². The Labute approximate surface area is 170 Å². The van der Waals surface area contributed by atoms with E-state index in [0.29, 0.717) is 16.3 Å². The highest BCUT2D eigenvalue weighted by Gasteiger charge is 2.36. The Morgan fingerprint density at radius 2 is 2.00 bits per heavy atom. The molecule has 5 nitrogen and oxygen atoms in total. The fraction of sp³-hybridized carbons (Fsp3) is 0.211. The molecule has 1 N–H and O–H groups in total. The molecule has 27 heavy (non-hydrogen) atoms. The van der Waals surface area contributed by atoms with Crippen molar-refractivity contribution in [3.63, 3.8) is 0 Å². The van der Waals surface area contributed by atoms with Crippen LogP contribution < -0.4 is 5.32 Å². The number of nitrogens with zero attached hydrogens (tertiary/aromatic N) is 1. The van der Waals surface area contributed by atoms with E-state index >= 15 is 0 Å². The molecule has 1 aliphatic rings. The highest BCUT2D eigenvalue weighted by Crippen LogP contribution is 2.32. The number of hydrogen-bond donors (Lipinski definition) is 1. The minimum absolute atomic E-state index is 0.212. The van der Waals surface area contributed by atoms with Crippen LogP contribution in [0.2, 0.25) is 5.02 Å². The van der Waals surface area contributed by atoms with E-state index < -0.39 is 11.1 Å². The van der Waals surface area contributed by atoms with Gasteiger partial charge in [-0.3, -0.25) is 19.3 Å². The Morgan fingerprint density at radius 3 is 2.63 bits per heavy atom. The van der Waals surface area contributed by atoms with Crippen molar-refractivity contribution in [2.45, 2.75) is 19.4 Å². The van der Waals surface area contributed by atoms with Gasteiger partial charge in [0, 0.05) is 9.90 Å². The van der Waals surface area contributed by atoms with Gasteiger partial charge in [0.15, 0.2) is 0 Å². The lowest BCUT2D eigenvalue weighted by atomic mass is 10.0. The third kappa shape index (κ3) is 4.80. The number of hydrogen-bond acceptors (Lipinski definition) is 5. The van der Waals surface area contributed by atoms with Gasteiger partial charge in [0.05, 0.1) is 10.9 Å². The van der Waals surface area contributed by atoms with Crippen LogP contribution in [0.1, 0.15) is 29.8 Å². The molecule has 1 unspecified atom stereocenters. The number of amides is 3. The minimum Gasteiger partial charge on any atom is -0.348 e. The Morgan fingerprint density at radius 1 is 1.26 bits per heavy atom. The zero-order valence-corrected chi connectivity index (χ0v) is 16.9. The molecule has 1 aromatic carbocycles. The lowest BCUT2D eigenvalue weighted by molar-refractivity contribution is -0.129. The molecule has 0 aliphatic carbocycles. The lowest BCUT2D eigenvalue weighted by Gasteiger charge is -2.19. The number of nitrogens with one attached hydrogen (secondary N) is 1. The van der Waals surface area contributed by atoms with Gasteiger partial charge in [-0.25, -0.2) is 0 Å². The molecule has 140 valence electrons. The van der Waals surface area contributed by atoms with Crippen LogP contribution in [0.3, 0.4) is 0 Å². The second kappa shape index (κ2) is 8.73. The first-order valence-corrected chi connectivity index (χ1v) is 10.4. The summed E-state index contributed by atoms with van der Waals surface area (Å²) in [6.45, 7) is 1.65. The number of thiophene rings is 1. The fourth-order valence-electron chi connectivity index (χ4n) is 2.64. The molecule has 1 aliphatic heterocycles. The molecule has 1 atom stereocenters. The number of halogens is 1. The third-order valence-corrected chi connectivity index (χ3v) is 5.99. The first kappa shape index (κ1) is 19.7. The van der Waals surface area contributed by atoms with Gasteiger partial charge in [-0.05, 0) is 53.4 Å². The first-order valence-electron chi connectivity index (χ1n) is 8.31. The average molecular weight is 421 g/mol. The smallest absolute Gasteiger partial charge is 0.294 e. The van der Waals surface area contributed by atoms with Gasteiger partial charge in [-0.1, -0.05) is 36.7 Å². The zero-order valence-electron chi connectivity index (χ0n) is 14.5. The fourth-order valence-corrected chi connectivity index (χ4v) is 4.33. The number of rotatable bonds is 6. The second-order valence-corrected chi connectivity index (χ2v) is 8.27. The molecule has 2 heterocycles. The van der Waals surface area contributed by atoms with Crippen LogP contribution in [0.25, 0.3) is 6.08 Å². The van der Waals surface area contributed by atoms with Crippen molar-refractivity contribution in [1.29, 1.82) is 0 Å². The van der Waals surface area contributed by atoms with Gasteiger partial charge < -0.3 is 5.32 Å². The second-order valence-electron chi connectivity index (χ2n) is 5.86. The number of carbonyl (C=O) groups excluding carboxylic acids is 3. The van der Waals surface area contributed by atoms with E-state index in [4.69, 9.17) is 11.6 Å². The van der Waals surface area contributed by atoms with Crippen LogP contribution >= 0.6 is 34.7 Å². The van der Waals surface area contributed by atoms with Crippen molar-refractivity contribution in [3.05, 3.63) is 62.1 Å². The molecule has 0 saturated carbocycles. The van der Waals surface area contributed by atoms with Crippen LogP contribution in [0.15, 0.2) is 46.7 Å². The molecule has 1 fully saturated rings. The van der Waals surface area contributed by atoms with E-state index in [1.54, 1.807) is 18.2 Å². The Hall–Kier alpha value is -2.09. The quantitative estimate of drug-likeness (QED) is 0.687. The molecule has 2 aromatic rings. The van der Waals surface area contributed by atoms with Crippen molar-refractivity contribution in [3.8, 4) is 0 Å². The van der Waals surface area contributed by atoms with Crippen molar-refractivity contribution < 1.29 is 14.4 Å². The molecule has 0 bridgehead atoms. The maximum absolute atomic E-state index is 12.5. The number of thioether (sulfide) groups is 1. The first-order chi connectivity index (χ1) is 13.0. The van der Waals surface area contributed by atoms with Gasteiger partial charge in [0.25, 0.3) is 11.1 Å². The van der Waals surface area contributed by atoms with E-state index in [-0.39, 0.29) is 18.5 Å². The predicted molar refractivity (Wildman–Crippen MR) is 110 cm³/mol. The Bertz CT molecular complexity index is 879. The summed E-state index contributed by atoms with van der Waals surface area (Å²) in [5, 5.41) is 4.96. The summed E-state index contributed by atoms with van der Waals surface area (Å²) in [5.41, 5.74) is 0.919. The number of imide groups is 1. The van der Waals surface area contributed by atoms with Crippen LogP contribution in [0.4, 0.5) is 4.79 Å².